The van der Waals surface area contributed by atoms with E-state index < -0.39 is 0 Å². The third kappa shape index (κ3) is 2.37. The Hall–Kier alpha value is -0.640. The highest BCUT2D eigenvalue weighted by Crippen LogP contribution is 2.40. The van der Waals surface area contributed by atoms with Crippen molar-refractivity contribution in [1.82, 2.24) is 15.5 Å². The average Bonchev–Trinajstić information content (AvgIpc) is 2.87. The lowest BCUT2D eigenvalue weighted by Crippen LogP contribution is -2.38. The van der Waals surface area contributed by atoms with Crippen LogP contribution in [0.2, 0.25) is 0 Å². The third-order valence-corrected chi connectivity index (χ3v) is 5.13. The van der Waals surface area contributed by atoms with Crippen molar-refractivity contribution in [2.24, 2.45) is 0 Å². The number of rotatable bonds is 3. The summed E-state index contributed by atoms with van der Waals surface area (Å²) < 4.78 is 1.02. The lowest BCUT2D eigenvalue weighted by molar-refractivity contribution is 0.464. The molecule has 1 N–H and O–H groups in total. The van der Waals surface area contributed by atoms with Gasteiger partial charge in [-0.15, -0.1) is 10.2 Å². The molecule has 2 rings (SSSR count). The smallest absolute Gasteiger partial charge is 0.174 e. The van der Waals surface area contributed by atoms with E-state index in [1.165, 1.54) is 0 Å². The molecule has 0 amide bonds. The van der Waals surface area contributed by atoms with E-state index >= 15 is 0 Å². The van der Waals surface area contributed by atoms with Crippen molar-refractivity contribution in [3.05, 3.63) is 5.01 Å². The number of hydrogen-bond acceptors (Lipinski definition) is 6. The second-order valence-corrected chi connectivity index (χ2v) is 6.74. The lowest BCUT2D eigenvalue weighted by Gasteiger charge is -2.19. The lowest BCUT2D eigenvalue weighted by atomic mass is 10.0. The zero-order valence-corrected chi connectivity index (χ0v) is 11.0. The fourth-order valence-corrected chi connectivity index (χ4v) is 4.31. The summed E-state index contributed by atoms with van der Waals surface area (Å²) in [6.07, 6.45) is 2.89. The second-order valence-electron chi connectivity index (χ2n) is 4.01. The van der Waals surface area contributed by atoms with Crippen LogP contribution >= 0.6 is 23.1 Å². The van der Waals surface area contributed by atoms with Crippen LogP contribution in [0.5, 0.6) is 0 Å². The van der Waals surface area contributed by atoms with Crippen LogP contribution in [0.15, 0.2) is 4.34 Å². The normalized spacial score (nSPS) is 29.2. The molecule has 0 saturated heterocycles. The van der Waals surface area contributed by atoms with E-state index in [9.17, 15) is 0 Å². The first-order valence-corrected chi connectivity index (χ1v) is 6.94. The fraction of sp³-hybridized carbons (Fsp3) is 0.700. The molecule has 1 aliphatic rings. The number of aromatic nitrogens is 2. The molecule has 1 aromatic rings. The molecule has 1 heterocycles. The molecule has 4 nitrogen and oxygen atoms in total. The van der Waals surface area contributed by atoms with Gasteiger partial charge in [-0.2, -0.15) is 5.26 Å². The summed E-state index contributed by atoms with van der Waals surface area (Å²) in [6, 6.07) is 2.39. The SMILES string of the molecule is CNC1(C#N)CCC(Sc2nnc(C)s2)C1. The molecule has 0 bridgehead atoms. The minimum Gasteiger partial charge on any atom is -0.302 e. The standard InChI is InChI=1S/C10H14N4S2/c1-7-13-14-9(15-7)16-8-3-4-10(5-8,6-11)12-2/h8,12H,3-5H2,1-2H3. The summed E-state index contributed by atoms with van der Waals surface area (Å²) in [7, 11) is 1.87. The minimum absolute atomic E-state index is 0.322. The highest BCUT2D eigenvalue weighted by atomic mass is 32.2. The van der Waals surface area contributed by atoms with E-state index in [1.54, 1.807) is 23.1 Å². The van der Waals surface area contributed by atoms with Crippen LogP contribution < -0.4 is 5.32 Å². The van der Waals surface area contributed by atoms with Gasteiger partial charge in [0.05, 0.1) is 6.07 Å². The van der Waals surface area contributed by atoms with Crippen LogP contribution in [0, 0.1) is 18.3 Å². The molecular weight excluding hydrogens is 240 g/mol. The summed E-state index contributed by atoms with van der Waals surface area (Å²) in [4.78, 5) is 0. The number of hydrogen-bond donors (Lipinski definition) is 1. The second kappa shape index (κ2) is 4.70. The number of thioether (sulfide) groups is 1. The molecule has 2 unspecified atom stereocenters. The molecule has 0 spiro atoms. The quantitative estimate of drug-likeness (QED) is 0.893. The monoisotopic (exact) mass is 254 g/mol. The molecule has 0 aromatic carbocycles. The van der Waals surface area contributed by atoms with Crippen LogP contribution in [-0.2, 0) is 0 Å². The van der Waals surface area contributed by atoms with E-state index in [0.29, 0.717) is 5.25 Å². The van der Waals surface area contributed by atoms with Gasteiger partial charge in [0, 0.05) is 5.25 Å². The summed E-state index contributed by atoms with van der Waals surface area (Å²) in [5.74, 6) is 0. The summed E-state index contributed by atoms with van der Waals surface area (Å²) in [6.45, 7) is 1.96. The molecule has 6 heteroatoms. The Balaban J connectivity index is 1.97. The Kier molecular flexibility index (Phi) is 3.47. The highest BCUT2D eigenvalue weighted by Gasteiger charge is 2.38. The topological polar surface area (TPSA) is 61.6 Å². The predicted octanol–water partition coefficient (Wildman–Crippen LogP) is 1.97. The predicted molar refractivity (Wildman–Crippen MR) is 65.5 cm³/mol. The Morgan fingerprint density at radius 1 is 1.62 bits per heavy atom. The summed E-state index contributed by atoms with van der Waals surface area (Å²) in [5.41, 5.74) is -0.322. The summed E-state index contributed by atoms with van der Waals surface area (Å²) in [5, 5.41) is 21.9. The van der Waals surface area contributed by atoms with Gasteiger partial charge < -0.3 is 5.32 Å². The summed E-state index contributed by atoms with van der Waals surface area (Å²) >= 11 is 3.39. The van der Waals surface area contributed by atoms with Gasteiger partial charge in [-0.25, -0.2) is 0 Å². The minimum atomic E-state index is -0.322. The molecule has 86 valence electrons. The maximum atomic E-state index is 9.16. The zero-order valence-electron chi connectivity index (χ0n) is 9.36. The van der Waals surface area contributed by atoms with Crippen LogP contribution in [-0.4, -0.2) is 28.0 Å². The molecule has 1 aliphatic carbocycles. The van der Waals surface area contributed by atoms with Gasteiger partial charge in [-0.1, -0.05) is 23.1 Å². The molecule has 0 aliphatic heterocycles. The van der Waals surface area contributed by atoms with Crippen molar-refractivity contribution in [2.45, 2.75) is 41.3 Å². The van der Waals surface area contributed by atoms with E-state index in [1.807, 2.05) is 14.0 Å². The molecule has 1 saturated carbocycles. The maximum Gasteiger partial charge on any atom is 0.174 e. The first-order chi connectivity index (χ1) is 7.67. The van der Waals surface area contributed by atoms with Gasteiger partial charge in [0.1, 0.15) is 10.5 Å². The third-order valence-electron chi connectivity index (χ3n) is 2.94. The zero-order chi connectivity index (χ0) is 11.6. The number of nitriles is 1. The number of nitrogens with zero attached hydrogens (tertiary/aromatic N) is 3. The van der Waals surface area contributed by atoms with Crippen molar-refractivity contribution in [1.29, 1.82) is 5.26 Å². The van der Waals surface area contributed by atoms with E-state index in [2.05, 4.69) is 21.6 Å². The van der Waals surface area contributed by atoms with Gasteiger partial charge in [0.25, 0.3) is 0 Å². The first-order valence-electron chi connectivity index (χ1n) is 5.24. The van der Waals surface area contributed by atoms with E-state index in [0.717, 1.165) is 28.6 Å². The van der Waals surface area contributed by atoms with Crippen molar-refractivity contribution in [3.63, 3.8) is 0 Å². The largest absolute Gasteiger partial charge is 0.302 e. The molecule has 1 fully saturated rings. The van der Waals surface area contributed by atoms with Gasteiger partial charge in [0.15, 0.2) is 4.34 Å². The van der Waals surface area contributed by atoms with E-state index in [4.69, 9.17) is 5.26 Å². The first kappa shape index (κ1) is 11.8. The molecule has 2 atom stereocenters. The van der Waals surface area contributed by atoms with Gasteiger partial charge in [-0.05, 0) is 33.2 Å². The Morgan fingerprint density at radius 2 is 2.44 bits per heavy atom. The van der Waals surface area contributed by atoms with Crippen molar-refractivity contribution >= 4 is 23.1 Å². The van der Waals surface area contributed by atoms with Gasteiger partial charge in [-0.3, -0.25) is 0 Å². The van der Waals surface area contributed by atoms with Gasteiger partial charge in [0.2, 0.25) is 0 Å². The van der Waals surface area contributed by atoms with Crippen LogP contribution in [0.3, 0.4) is 0 Å². The van der Waals surface area contributed by atoms with Crippen molar-refractivity contribution in [3.8, 4) is 6.07 Å². The molecule has 1 aromatic heterocycles. The van der Waals surface area contributed by atoms with Crippen LogP contribution in [0.25, 0.3) is 0 Å². The Morgan fingerprint density at radius 3 is 2.94 bits per heavy atom. The van der Waals surface area contributed by atoms with Crippen LogP contribution in [0.1, 0.15) is 24.3 Å². The Labute approximate surface area is 103 Å². The number of nitrogens with one attached hydrogen (secondary N) is 1. The Bertz CT molecular complexity index is 411. The maximum absolute atomic E-state index is 9.16. The average molecular weight is 254 g/mol. The molecular formula is C10H14N4S2. The van der Waals surface area contributed by atoms with E-state index in [-0.39, 0.29) is 5.54 Å². The molecule has 16 heavy (non-hydrogen) atoms. The fourth-order valence-electron chi connectivity index (χ4n) is 1.95. The highest BCUT2D eigenvalue weighted by molar-refractivity contribution is 8.01. The van der Waals surface area contributed by atoms with Gasteiger partial charge >= 0.3 is 0 Å². The van der Waals surface area contributed by atoms with Crippen molar-refractivity contribution < 1.29 is 0 Å². The number of aryl methyl sites for hydroxylation is 1. The van der Waals surface area contributed by atoms with Crippen LogP contribution in [0.4, 0.5) is 0 Å². The van der Waals surface area contributed by atoms with Crippen molar-refractivity contribution in [2.75, 3.05) is 7.05 Å². The molecule has 0 radical (unpaired) electrons.